The fourth-order valence-electron chi connectivity index (χ4n) is 0.768. The number of hydrogen-bond acceptors (Lipinski definition) is 3. The Morgan fingerprint density at radius 1 is 1.55 bits per heavy atom. The van der Waals surface area contributed by atoms with E-state index in [2.05, 4.69) is 37.8 Å². The molecule has 2 aromatic rings. The van der Waals surface area contributed by atoms with Crippen LogP contribution in [0.1, 0.15) is 0 Å². The summed E-state index contributed by atoms with van der Waals surface area (Å²) in [7, 11) is 0. The van der Waals surface area contributed by atoms with Crippen LogP contribution in [0.15, 0.2) is 17.8 Å². The van der Waals surface area contributed by atoms with E-state index in [9.17, 15) is 0 Å². The largest absolute Gasteiger partial charge is 0.274 e. The van der Waals surface area contributed by atoms with Crippen LogP contribution in [-0.2, 0) is 0 Å². The second kappa shape index (κ2) is 2.90. The molecule has 1 N–H and O–H groups in total. The molecule has 0 saturated carbocycles. The van der Waals surface area contributed by atoms with E-state index in [1.54, 1.807) is 23.7 Å². The molecule has 2 aromatic heterocycles. The fourth-order valence-corrected chi connectivity index (χ4v) is 2.11. The van der Waals surface area contributed by atoms with Gasteiger partial charge in [0.1, 0.15) is 10.7 Å². The highest BCUT2D eigenvalue weighted by molar-refractivity contribution is 14.1. The minimum absolute atomic E-state index is 0.993. The summed E-state index contributed by atoms with van der Waals surface area (Å²) in [5, 5.41) is 9.75. The number of aromatic nitrogens is 3. The monoisotopic (exact) mass is 277 g/mol. The number of nitrogens with one attached hydrogen (secondary N) is 1. The van der Waals surface area contributed by atoms with E-state index in [1.807, 2.05) is 5.38 Å². The summed E-state index contributed by atoms with van der Waals surface area (Å²) >= 11 is 3.84. The Balaban J connectivity index is 2.53. The van der Waals surface area contributed by atoms with Crippen LogP contribution < -0.4 is 0 Å². The average molecular weight is 277 g/mol. The van der Waals surface area contributed by atoms with Crippen molar-refractivity contribution < 1.29 is 0 Å². The highest BCUT2D eigenvalue weighted by Crippen LogP contribution is 2.23. The van der Waals surface area contributed by atoms with Gasteiger partial charge in [0.15, 0.2) is 0 Å². The lowest BCUT2D eigenvalue weighted by molar-refractivity contribution is 1.09. The lowest BCUT2D eigenvalue weighted by atomic mass is 10.5. The number of rotatable bonds is 1. The molecule has 0 amide bonds. The third-order valence-corrected chi connectivity index (χ3v) is 2.85. The van der Waals surface area contributed by atoms with E-state index in [-0.39, 0.29) is 0 Å². The van der Waals surface area contributed by atoms with Gasteiger partial charge in [0, 0.05) is 11.6 Å². The van der Waals surface area contributed by atoms with Gasteiger partial charge in [-0.2, -0.15) is 5.10 Å². The van der Waals surface area contributed by atoms with Crippen LogP contribution in [0.25, 0.3) is 10.7 Å². The molecule has 0 aromatic carbocycles. The fraction of sp³-hybridized carbons (Fsp3) is 0. The second-order valence-corrected chi connectivity index (χ2v) is 3.99. The van der Waals surface area contributed by atoms with Gasteiger partial charge >= 0.3 is 0 Å². The summed E-state index contributed by atoms with van der Waals surface area (Å²) in [5.74, 6) is 0. The molecule has 3 nitrogen and oxygen atoms in total. The lowest BCUT2D eigenvalue weighted by Crippen LogP contribution is -1.77. The van der Waals surface area contributed by atoms with Gasteiger partial charge in [-0.05, 0) is 22.6 Å². The highest BCUT2D eigenvalue weighted by atomic mass is 127. The van der Waals surface area contributed by atoms with Crippen LogP contribution in [-0.4, -0.2) is 15.2 Å². The van der Waals surface area contributed by atoms with Gasteiger partial charge in [-0.25, -0.2) is 4.98 Å². The zero-order valence-electron chi connectivity index (χ0n) is 5.41. The Morgan fingerprint density at radius 3 is 3.00 bits per heavy atom. The van der Waals surface area contributed by atoms with Crippen LogP contribution in [0.3, 0.4) is 0 Å². The number of hydrogen-bond donors (Lipinski definition) is 1. The predicted octanol–water partition coefficient (Wildman–Crippen LogP) is 2.14. The normalized spacial score (nSPS) is 10.3. The van der Waals surface area contributed by atoms with E-state index in [0.717, 1.165) is 14.3 Å². The van der Waals surface area contributed by atoms with E-state index in [4.69, 9.17) is 0 Å². The molecule has 0 atom stereocenters. The SMILES string of the molecule is Ic1cn[nH]c1-c1nccs1. The van der Waals surface area contributed by atoms with Crippen molar-refractivity contribution in [3.05, 3.63) is 21.3 Å². The topological polar surface area (TPSA) is 41.6 Å². The lowest BCUT2D eigenvalue weighted by Gasteiger charge is -1.88. The molecule has 0 aliphatic heterocycles. The van der Waals surface area contributed by atoms with Gasteiger partial charge < -0.3 is 0 Å². The van der Waals surface area contributed by atoms with Crippen molar-refractivity contribution in [3.8, 4) is 10.7 Å². The number of aromatic amines is 1. The van der Waals surface area contributed by atoms with E-state index >= 15 is 0 Å². The summed E-state index contributed by atoms with van der Waals surface area (Å²) in [5.41, 5.74) is 1.01. The van der Waals surface area contributed by atoms with Crippen molar-refractivity contribution in [1.29, 1.82) is 0 Å². The minimum Gasteiger partial charge on any atom is -0.274 e. The molecule has 0 unspecified atom stereocenters. The van der Waals surface area contributed by atoms with Crippen molar-refractivity contribution in [2.45, 2.75) is 0 Å². The van der Waals surface area contributed by atoms with Gasteiger partial charge in [-0.3, -0.25) is 5.10 Å². The molecule has 2 heterocycles. The van der Waals surface area contributed by atoms with Gasteiger partial charge in [0.2, 0.25) is 0 Å². The Hall–Kier alpha value is -0.430. The van der Waals surface area contributed by atoms with E-state index in [0.29, 0.717) is 0 Å². The maximum atomic E-state index is 4.16. The quantitative estimate of drug-likeness (QED) is 0.811. The molecule has 0 aliphatic carbocycles. The molecule has 56 valence electrons. The zero-order chi connectivity index (χ0) is 7.68. The number of nitrogens with zero attached hydrogens (tertiary/aromatic N) is 2. The third-order valence-electron chi connectivity index (χ3n) is 1.24. The van der Waals surface area contributed by atoms with Gasteiger partial charge in [-0.15, -0.1) is 11.3 Å². The third kappa shape index (κ3) is 1.30. The number of H-pyrrole nitrogens is 1. The van der Waals surface area contributed by atoms with Gasteiger partial charge in [-0.1, -0.05) is 0 Å². The summed E-state index contributed by atoms with van der Waals surface area (Å²) in [6.07, 6.45) is 3.58. The first kappa shape index (κ1) is 7.23. The number of halogens is 1. The molecule has 0 bridgehead atoms. The average Bonchev–Trinajstić information content (AvgIpc) is 2.55. The molecule has 0 spiro atoms. The van der Waals surface area contributed by atoms with E-state index in [1.165, 1.54) is 0 Å². The standard InChI is InChI=1S/C6H4IN3S/c7-4-3-9-10-5(4)6-8-1-2-11-6/h1-3H,(H,9,10). The Bertz CT molecular complexity index is 340. The van der Waals surface area contributed by atoms with E-state index < -0.39 is 0 Å². The Morgan fingerprint density at radius 2 is 2.45 bits per heavy atom. The highest BCUT2D eigenvalue weighted by Gasteiger charge is 2.05. The molecule has 11 heavy (non-hydrogen) atoms. The maximum Gasteiger partial charge on any atom is 0.142 e. The van der Waals surface area contributed by atoms with Gasteiger partial charge in [0.05, 0.1) is 9.77 Å². The zero-order valence-corrected chi connectivity index (χ0v) is 8.39. The maximum absolute atomic E-state index is 4.16. The molecular formula is C6H4IN3S. The second-order valence-electron chi connectivity index (χ2n) is 1.93. The summed E-state index contributed by atoms with van der Waals surface area (Å²) < 4.78 is 1.11. The molecule has 0 radical (unpaired) electrons. The molecule has 5 heteroatoms. The Labute approximate surface area is 81.0 Å². The first-order valence-electron chi connectivity index (χ1n) is 2.96. The molecular weight excluding hydrogens is 273 g/mol. The van der Waals surface area contributed by atoms with Crippen molar-refractivity contribution in [3.63, 3.8) is 0 Å². The predicted molar refractivity (Wildman–Crippen MR) is 52.4 cm³/mol. The Kier molecular flexibility index (Phi) is 1.91. The summed E-state index contributed by atoms with van der Waals surface area (Å²) in [4.78, 5) is 4.16. The molecule has 0 fully saturated rings. The van der Waals surface area contributed by atoms with Crippen LogP contribution in [0.4, 0.5) is 0 Å². The van der Waals surface area contributed by atoms with Gasteiger partial charge in [0.25, 0.3) is 0 Å². The first-order valence-corrected chi connectivity index (χ1v) is 4.92. The van der Waals surface area contributed by atoms with Crippen molar-refractivity contribution in [2.75, 3.05) is 0 Å². The van der Waals surface area contributed by atoms with Crippen molar-refractivity contribution >= 4 is 33.9 Å². The molecule has 2 rings (SSSR count). The van der Waals surface area contributed by atoms with Crippen molar-refractivity contribution in [2.24, 2.45) is 0 Å². The number of thiazole rings is 1. The first-order chi connectivity index (χ1) is 5.38. The smallest absolute Gasteiger partial charge is 0.142 e. The minimum atomic E-state index is 0.993. The van der Waals surface area contributed by atoms with Crippen LogP contribution in [0.5, 0.6) is 0 Å². The summed E-state index contributed by atoms with van der Waals surface area (Å²) in [6.45, 7) is 0. The molecule has 0 aliphatic rings. The summed E-state index contributed by atoms with van der Waals surface area (Å²) in [6, 6.07) is 0. The van der Waals surface area contributed by atoms with Crippen LogP contribution >= 0.6 is 33.9 Å². The van der Waals surface area contributed by atoms with Crippen LogP contribution in [0.2, 0.25) is 0 Å². The van der Waals surface area contributed by atoms with Crippen LogP contribution in [0, 0.1) is 3.57 Å². The van der Waals surface area contributed by atoms with Crippen molar-refractivity contribution in [1.82, 2.24) is 15.2 Å². The molecule has 0 saturated heterocycles.